The number of hydrogen-bond donors (Lipinski definition) is 1. The topological polar surface area (TPSA) is 53.1 Å². The van der Waals surface area contributed by atoms with Crippen LogP contribution in [0, 0.1) is 5.92 Å². The first-order valence-corrected chi connectivity index (χ1v) is 3.75. The van der Waals surface area contributed by atoms with Crippen molar-refractivity contribution in [3.8, 4) is 5.88 Å². The van der Waals surface area contributed by atoms with Gasteiger partial charge < -0.3 is 10.5 Å². The summed E-state index contributed by atoms with van der Waals surface area (Å²) in [5.41, 5.74) is 5.51. The minimum atomic E-state index is 0.419. The van der Waals surface area contributed by atoms with E-state index in [1.165, 1.54) is 0 Å². The second-order valence-corrected chi connectivity index (χ2v) is 2.76. The summed E-state index contributed by atoms with van der Waals surface area (Å²) in [4.78, 5) is 0. The van der Waals surface area contributed by atoms with Crippen molar-refractivity contribution in [1.29, 1.82) is 0 Å². The van der Waals surface area contributed by atoms with Gasteiger partial charge in [0.25, 0.3) is 0 Å². The Labute approximate surface area is 64.9 Å². The predicted octanol–water partition coefficient (Wildman–Crippen LogP) is -0.150. The summed E-state index contributed by atoms with van der Waals surface area (Å²) < 4.78 is 7.24. The summed E-state index contributed by atoms with van der Waals surface area (Å²) in [6.07, 6.45) is 1.74. The Morgan fingerprint density at radius 3 is 3.55 bits per heavy atom. The van der Waals surface area contributed by atoms with Crippen LogP contribution in [0.2, 0.25) is 0 Å². The molecule has 0 saturated heterocycles. The number of nitrogens with zero attached hydrogens (tertiary/aromatic N) is 2. The van der Waals surface area contributed by atoms with Crippen molar-refractivity contribution < 1.29 is 4.74 Å². The van der Waals surface area contributed by atoms with Gasteiger partial charge in [-0.2, -0.15) is 5.10 Å². The summed E-state index contributed by atoms with van der Waals surface area (Å²) >= 11 is 0. The zero-order valence-corrected chi connectivity index (χ0v) is 6.23. The lowest BCUT2D eigenvalue weighted by molar-refractivity contribution is 0.168. The molecule has 0 fully saturated rings. The monoisotopic (exact) mass is 153 g/mol. The molecule has 0 amide bonds. The maximum absolute atomic E-state index is 5.51. The van der Waals surface area contributed by atoms with Crippen LogP contribution in [-0.4, -0.2) is 22.9 Å². The SMILES string of the molecule is NCC1COc2ccnn2C1. The third kappa shape index (κ3) is 1.09. The molecule has 1 aliphatic rings. The molecular formula is C7H11N3O. The fraction of sp³-hybridized carbons (Fsp3) is 0.571. The van der Waals surface area contributed by atoms with Crippen molar-refractivity contribution in [2.75, 3.05) is 13.2 Å². The van der Waals surface area contributed by atoms with Crippen LogP contribution in [0.3, 0.4) is 0 Å². The van der Waals surface area contributed by atoms with E-state index in [0.29, 0.717) is 12.5 Å². The van der Waals surface area contributed by atoms with Gasteiger partial charge >= 0.3 is 0 Å². The van der Waals surface area contributed by atoms with E-state index in [4.69, 9.17) is 10.5 Å². The van der Waals surface area contributed by atoms with Gasteiger partial charge in [0.2, 0.25) is 5.88 Å². The number of aromatic nitrogens is 2. The molecule has 0 aliphatic carbocycles. The summed E-state index contributed by atoms with van der Waals surface area (Å²) in [6.45, 7) is 2.28. The average Bonchev–Trinajstić information content (AvgIpc) is 2.50. The molecule has 2 N–H and O–H groups in total. The van der Waals surface area contributed by atoms with Crippen molar-refractivity contribution in [2.45, 2.75) is 6.54 Å². The summed E-state index contributed by atoms with van der Waals surface area (Å²) in [6, 6.07) is 1.87. The predicted molar refractivity (Wildman–Crippen MR) is 40.3 cm³/mol. The molecular weight excluding hydrogens is 142 g/mol. The van der Waals surface area contributed by atoms with Gasteiger partial charge in [-0.25, -0.2) is 4.68 Å². The molecule has 0 aromatic carbocycles. The van der Waals surface area contributed by atoms with E-state index in [1.807, 2.05) is 10.7 Å². The van der Waals surface area contributed by atoms with Crippen LogP contribution in [0.1, 0.15) is 0 Å². The van der Waals surface area contributed by atoms with Crippen LogP contribution in [0.4, 0.5) is 0 Å². The lowest BCUT2D eigenvalue weighted by atomic mass is 10.1. The highest BCUT2D eigenvalue weighted by atomic mass is 16.5. The molecule has 60 valence electrons. The van der Waals surface area contributed by atoms with Gasteiger partial charge in [0, 0.05) is 18.5 Å². The number of fused-ring (bicyclic) bond motifs is 1. The van der Waals surface area contributed by atoms with Gasteiger partial charge in [-0.05, 0) is 0 Å². The molecule has 2 heterocycles. The summed E-state index contributed by atoms with van der Waals surface area (Å²) in [5.74, 6) is 1.28. The van der Waals surface area contributed by atoms with Crippen molar-refractivity contribution >= 4 is 0 Å². The van der Waals surface area contributed by atoms with E-state index >= 15 is 0 Å². The fourth-order valence-corrected chi connectivity index (χ4v) is 1.22. The average molecular weight is 153 g/mol. The van der Waals surface area contributed by atoms with Gasteiger partial charge in [-0.3, -0.25) is 0 Å². The molecule has 1 atom stereocenters. The van der Waals surface area contributed by atoms with Crippen molar-refractivity contribution in [3.05, 3.63) is 12.3 Å². The van der Waals surface area contributed by atoms with Crippen molar-refractivity contribution in [1.82, 2.24) is 9.78 Å². The Hall–Kier alpha value is -1.03. The van der Waals surface area contributed by atoms with E-state index in [1.54, 1.807) is 6.20 Å². The van der Waals surface area contributed by atoms with E-state index in [0.717, 1.165) is 19.0 Å². The van der Waals surface area contributed by atoms with Crippen LogP contribution in [0.5, 0.6) is 5.88 Å². The summed E-state index contributed by atoms with van der Waals surface area (Å²) in [7, 11) is 0. The number of rotatable bonds is 1. The smallest absolute Gasteiger partial charge is 0.211 e. The highest BCUT2D eigenvalue weighted by Crippen LogP contribution is 2.17. The van der Waals surface area contributed by atoms with Crippen LogP contribution in [-0.2, 0) is 6.54 Å². The zero-order chi connectivity index (χ0) is 7.68. The van der Waals surface area contributed by atoms with E-state index in [9.17, 15) is 0 Å². The lowest BCUT2D eigenvalue weighted by Crippen LogP contribution is -2.31. The quantitative estimate of drug-likeness (QED) is 0.610. The zero-order valence-electron chi connectivity index (χ0n) is 6.23. The first-order chi connectivity index (χ1) is 5.40. The third-order valence-electron chi connectivity index (χ3n) is 1.91. The molecule has 2 rings (SSSR count). The molecule has 11 heavy (non-hydrogen) atoms. The molecule has 0 bridgehead atoms. The highest BCUT2D eigenvalue weighted by molar-refractivity contribution is 5.09. The molecule has 1 aromatic heterocycles. The van der Waals surface area contributed by atoms with Crippen LogP contribution < -0.4 is 10.5 Å². The van der Waals surface area contributed by atoms with Crippen LogP contribution in [0.25, 0.3) is 0 Å². The van der Waals surface area contributed by atoms with Gasteiger partial charge in [-0.15, -0.1) is 0 Å². The molecule has 4 heteroatoms. The second kappa shape index (κ2) is 2.54. The standard InChI is InChI=1S/C7H11N3O/c8-3-6-4-10-7(11-5-6)1-2-9-10/h1-2,6H,3-5,8H2. The van der Waals surface area contributed by atoms with E-state index in [2.05, 4.69) is 5.10 Å². The maximum atomic E-state index is 5.51. The Morgan fingerprint density at radius 2 is 2.73 bits per heavy atom. The molecule has 0 radical (unpaired) electrons. The highest BCUT2D eigenvalue weighted by Gasteiger charge is 2.17. The third-order valence-corrected chi connectivity index (χ3v) is 1.91. The van der Waals surface area contributed by atoms with Crippen molar-refractivity contribution in [2.24, 2.45) is 11.7 Å². The molecule has 0 spiro atoms. The molecule has 4 nitrogen and oxygen atoms in total. The maximum Gasteiger partial charge on any atom is 0.211 e. The first-order valence-electron chi connectivity index (χ1n) is 3.75. The first kappa shape index (κ1) is 6.67. The van der Waals surface area contributed by atoms with Crippen LogP contribution in [0.15, 0.2) is 12.3 Å². The van der Waals surface area contributed by atoms with Crippen molar-refractivity contribution in [3.63, 3.8) is 0 Å². The Balaban J connectivity index is 2.18. The van der Waals surface area contributed by atoms with Gasteiger partial charge in [-0.1, -0.05) is 0 Å². The second-order valence-electron chi connectivity index (χ2n) is 2.76. The Morgan fingerprint density at radius 1 is 1.82 bits per heavy atom. The number of nitrogens with two attached hydrogens (primary N) is 1. The summed E-state index contributed by atoms with van der Waals surface area (Å²) in [5, 5.41) is 4.09. The van der Waals surface area contributed by atoms with E-state index < -0.39 is 0 Å². The largest absolute Gasteiger partial charge is 0.477 e. The fourth-order valence-electron chi connectivity index (χ4n) is 1.22. The molecule has 1 unspecified atom stereocenters. The lowest BCUT2D eigenvalue weighted by Gasteiger charge is -2.22. The normalized spacial score (nSPS) is 22.5. The molecule has 0 saturated carbocycles. The Bertz CT molecular complexity index is 246. The van der Waals surface area contributed by atoms with Gasteiger partial charge in [0.15, 0.2) is 0 Å². The number of ether oxygens (including phenoxy) is 1. The van der Waals surface area contributed by atoms with Crippen LogP contribution >= 0.6 is 0 Å². The number of hydrogen-bond acceptors (Lipinski definition) is 3. The Kier molecular flexibility index (Phi) is 1.54. The minimum absolute atomic E-state index is 0.419. The van der Waals surface area contributed by atoms with Gasteiger partial charge in [0.05, 0.1) is 19.3 Å². The molecule has 1 aliphatic heterocycles. The molecule has 1 aromatic rings. The van der Waals surface area contributed by atoms with E-state index in [-0.39, 0.29) is 0 Å². The van der Waals surface area contributed by atoms with Gasteiger partial charge in [0.1, 0.15) is 0 Å². The minimum Gasteiger partial charge on any atom is -0.477 e.